The first-order valence-electron chi connectivity index (χ1n) is 6.62. The summed E-state index contributed by atoms with van der Waals surface area (Å²) in [7, 11) is -3.58. The average Bonchev–Trinajstić information content (AvgIpc) is 2.98. The number of hydrogen-bond acceptors (Lipinski definition) is 4. The average molecular weight is 324 g/mol. The molecule has 1 unspecified atom stereocenters. The summed E-state index contributed by atoms with van der Waals surface area (Å²) in [5.41, 5.74) is 0.915. The topological polar surface area (TPSA) is 63.2 Å². The fourth-order valence-corrected chi connectivity index (χ4v) is 4.55. The smallest absolute Gasteiger partial charge is 0.243 e. The van der Waals surface area contributed by atoms with Crippen molar-refractivity contribution in [2.75, 3.05) is 6.54 Å². The van der Waals surface area contributed by atoms with Crippen molar-refractivity contribution in [1.82, 2.24) is 14.3 Å². The predicted octanol–water partition coefficient (Wildman–Crippen LogP) is 2.66. The third-order valence-corrected chi connectivity index (χ3v) is 5.69. The number of nitrogens with zero attached hydrogens (tertiary/aromatic N) is 3. The molecule has 5 nitrogen and oxygen atoms in total. The van der Waals surface area contributed by atoms with Crippen LogP contribution in [0.4, 0.5) is 0 Å². The summed E-state index contributed by atoms with van der Waals surface area (Å²) in [5.74, 6) is 0. The summed E-state index contributed by atoms with van der Waals surface area (Å²) < 4.78 is 27.1. The highest BCUT2D eigenvalue weighted by molar-refractivity contribution is 7.89. The van der Waals surface area contributed by atoms with Crippen LogP contribution in [0.5, 0.6) is 0 Å². The quantitative estimate of drug-likeness (QED) is 0.815. The van der Waals surface area contributed by atoms with Gasteiger partial charge in [0, 0.05) is 25.1 Å². The minimum atomic E-state index is -3.58. The van der Waals surface area contributed by atoms with Crippen molar-refractivity contribution in [3.8, 4) is 0 Å². The lowest BCUT2D eigenvalue weighted by Gasteiger charge is -2.24. The molecule has 110 valence electrons. The zero-order valence-corrected chi connectivity index (χ0v) is 12.8. The van der Waals surface area contributed by atoms with Gasteiger partial charge in [-0.25, -0.2) is 13.4 Å². The van der Waals surface area contributed by atoms with Gasteiger partial charge in [-0.2, -0.15) is 4.31 Å². The van der Waals surface area contributed by atoms with Crippen LogP contribution in [-0.4, -0.2) is 29.2 Å². The van der Waals surface area contributed by atoms with Crippen molar-refractivity contribution in [2.24, 2.45) is 0 Å². The lowest BCUT2D eigenvalue weighted by Crippen LogP contribution is -2.30. The molecule has 2 aromatic rings. The van der Waals surface area contributed by atoms with Gasteiger partial charge in [-0.05, 0) is 36.6 Å². The second-order valence-corrected chi connectivity index (χ2v) is 7.15. The molecular formula is C14H14ClN3O2S. The summed E-state index contributed by atoms with van der Waals surface area (Å²) in [6.45, 7) is 0.502. The van der Waals surface area contributed by atoms with Crippen LogP contribution < -0.4 is 0 Å². The summed E-state index contributed by atoms with van der Waals surface area (Å²) in [4.78, 5) is 8.09. The molecule has 21 heavy (non-hydrogen) atoms. The molecule has 3 rings (SSSR count). The van der Waals surface area contributed by atoms with Crippen molar-refractivity contribution in [3.05, 3.63) is 53.6 Å². The van der Waals surface area contributed by atoms with E-state index in [9.17, 15) is 8.42 Å². The van der Waals surface area contributed by atoms with Crippen molar-refractivity contribution >= 4 is 21.6 Å². The number of aromatic nitrogens is 2. The predicted molar refractivity (Wildman–Crippen MR) is 79.4 cm³/mol. The largest absolute Gasteiger partial charge is 0.264 e. The maximum absolute atomic E-state index is 12.8. The van der Waals surface area contributed by atoms with Gasteiger partial charge in [-0.3, -0.25) is 4.98 Å². The summed E-state index contributed by atoms with van der Waals surface area (Å²) in [6, 6.07) is 6.41. The molecule has 3 heterocycles. The van der Waals surface area contributed by atoms with Gasteiger partial charge in [-0.15, -0.1) is 0 Å². The van der Waals surface area contributed by atoms with Gasteiger partial charge in [0.05, 0.1) is 10.9 Å². The Morgan fingerprint density at radius 3 is 2.86 bits per heavy atom. The van der Waals surface area contributed by atoms with E-state index < -0.39 is 10.0 Å². The van der Waals surface area contributed by atoms with E-state index in [0.717, 1.165) is 18.4 Å². The van der Waals surface area contributed by atoms with Crippen LogP contribution in [-0.2, 0) is 10.0 Å². The standard InChI is InChI=1S/C14H14ClN3O2S/c15-14-9-12(5-7-17-14)21(19,20)18-8-2-4-13(18)11-3-1-6-16-10-11/h1,3,5-7,9-10,13H,2,4,8H2. The molecule has 2 aromatic heterocycles. The zero-order valence-electron chi connectivity index (χ0n) is 11.2. The second kappa shape index (κ2) is 5.71. The van der Waals surface area contributed by atoms with E-state index in [2.05, 4.69) is 9.97 Å². The Kier molecular flexibility index (Phi) is 3.93. The Labute approximate surface area is 128 Å². The van der Waals surface area contributed by atoms with E-state index in [0.29, 0.717) is 6.54 Å². The summed E-state index contributed by atoms with van der Waals surface area (Å²) in [5, 5.41) is 0.174. The maximum Gasteiger partial charge on any atom is 0.243 e. The molecule has 0 amide bonds. The molecule has 0 bridgehead atoms. The molecule has 1 atom stereocenters. The summed E-state index contributed by atoms with van der Waals surface area (Å²) in [6.07, 6.45) is 6.43. The first kappa shape index (κ1) is 14.4. The van der Waals surface area contributed by atoms with Crippen LogP contribution in [0.2, 0.25) is 5.15 Å². The molecule has 1 aliphatic rings. The Balaban J connectivity index is 1.98. The third-order valence-electron chi connectivity index (χ3n) is 3.58. The Bertz CT molecular complexity index is 737. The van der Waals surface area contributed by atoms with Crippen LogP contribution >= 0.6 is 11.6 Å². The van der Waals surface area contributed by atoms with E-state index in [1.54, 1.807) is 12.4 Å². The van der Waals surface area contributed by atoms with Crippen LogP contribution in [0.3, 0.4) is 0 Å². The number of sulfonamides is 1. The lowest BCUT2D eigenvalue weighted by molar-refractivity contribution is 0.396. The van der Waals surface area contributed by atoms with Crippen molar-refractivity contribution in [2.45, 2.75) is 23.8 Å². The first-order valence-corrected chi connectivity index (χ1v) is 8.44. The van der Waals surface area contributed by atoms with Gasteiger partial charge in [0.25, 0.3) is 0 Å². The Morgan fingerprint density at radius 2 is 2.14 bits per heavy atom. The third kappa shape index (κ3) is 2.79. The second-order valence-electron chi connectivity index (χ2n) is 4.87. The Hall–Kier alpha value is -1.50. The van der Waals surface area contributed by atoms with Gasteiger partial charge in [-0.1, -0.05) is 17.7 Å². The van der Waals surface area contributed by atoms with E-state index in [-0.39, 0.29) is 16.1 Å². The first-order chi connectivity index (χ1) is 10.1. The van der Waals surface area contributed by atoms with Crippen LogP contribution in [0, 0.1) is 0 Å². The SMILES string of the molecule is O=S(=O)(c1ccnc(Cl)c1)N1CCCC1c1cccnc1. The number of rotatable bonds is 3. The molecule has 0 aliphatic carbocycles. The van der Waals surface area contributed by atoms with Gasteiger partial charge >= 0.3 is 0 Å². The minimum absolute atomic E-state index is 0.171. The van der Waals surface area contributed by atoms with E-state index in [1.165, 1.54) is 22.6 Å². The highest BCUT2D eigenvalue weighted by atomic mass is 35.5. The Morgan fingerprint density at radius 1 is 1.29 bits per heavy atom. The monoisotopic (exact) mass is 323 g/mol. The number of halogens is 1. The highest BCUT2D eigenvalue weighted by Crippen LogP contribution is 2.36. The highest BCUT2D eigenvalue weighted by Gasteiger charge is 2.36. The van der Waals surface area contributed by atoms with Gasteiger partial charge in [0.15, 0.2) is 0 Å². The van der Waals surface area contributed by atoms with Gasteiger partial charge in [0.1, 0.15) is 5.15 Å². The van der Waals surface area contributed by atoms with Crippen LogP contribution in [0.25, 0.3) is 0 Å². The normalized spacial score (nSPS) is 19.8. The van der Waals surface area contributed by atoms with Crippen molar-refractivity contribution in [1.29, 1.82) is 0 Å². The van der Waals surface area contributed by atoms with E-state index in [4.69, 9.17) is 11.6 Å². The molecule has 1 saturated heterocycles. The lowest BCUT2D eigenvalue weighted by atomic mass is 10.1. The van der Waals surface area contributed by atoms with Crippen molar-refractivity contribution in [3.63, 3.8) is 0 Å². The minimum Gasteiger partial charge on any atom is -0.264 e. The maximum atomic E-state index is 12.8. The fraction of sp³-hybridized carbons (Fsp3) is 0.286. The molecule has 0 saturated carbocycles. The van der Waals surface area contributed by atoms with Gasteiger partial charge < -0.3 is 0 Å². The van der Waals surface area contributed by atoms with Crippen molar-refractivity contribution < 1.29 is 8.42 Å². The molecule has 0 N–H and O–H groups in total. The summed E-state index contributed by atoms with van der Waals surface area (Å²) >= 11 is 5.81. The van der Waals surface area contributed by atoms with E-state index in [1.807, 2.05) is 12.1 Å². The fourth-order valence-electron chi connectivity index (χ4n) is 2.61. The molecular weight excluding hydrogens is 310 g/mol. The number of pyridine rings is 2. The zero-order chi connectivity index (χ0) is 14.9. The molecule has 1 fully saturated rings. The van der Waals surface area contributed by atoms with Gasteiger partial charge in [0.2, 0.25) is 10.0 Å². The van der Waals surface area contributed by atoms with Crippen LogP contribution in [0.1, 0.15) is 24.4 Å². The number of hydrogen-bond donors (Lipinski definition) is 0. The van der Waals surface area contributed by atoms with Crippen LogP contribution in [0.15, 0.2) is 47.8 Å². The molecule has 7 heteroatoms. The molecule has 0 spiro atoms. The molecule has 0 radical (unpaired) electrons. The van der Waals surface area contributed by atoms with E-state index >= 15 is 0 Å². The molecule has 0 aromatic carbocycles. The molecule has 1 aliphatic heterocycles.